The molecule has 1 aromatic carbocycles. The molecule has 2 aliphatic heterocycles. The van der Waals surface area contributed by atoms with E-state index >= 15 is 4.79 Å². The van der Waals surface area contributed by atoms with Gasteiger partial charge in [0.15, 0.2) is 0 Å². The molecule has 0 unspecified atom stereocenters. The van der Waals surface area contributed by atoms with Gasteiger partial charge in [-0.05, 0) is 64.5 Å². The Morgan fingerprint density at radius 1 is 1.08 bits per heavy atom. The number of carbonyl (C=O) groups excluding carboxylic acids is 4. The predicted octanol–water partition coefficient (Wildman–Crippen LogP) is 6.59. The van der Waals surface area contributed by atoms with Crippen molar-refractivity contribution < 1.29 is 41.8 Å². The number of pyridine rings is 1. The van der Waals surface area contributed by atoms with Crippen LogP contribution < -0.4 is 19.5 Å². The van der Waals surface area contributed by atoms with Crippen LogP contribution in [-0.4, -0.2) is 106 Å². The van der Waals surface area contributed by atoms with E-state index in [1.54, 1.807) is 45.9 Å². The molecular formula is C43H55ClN6O9S2. The molecule has 61 heavy (non-hydrogen) atoms. The number of piperazine rings is 1. The highest BCUT2D eigenvalue weighted by molar-refractivity contribution is 7.91. The molecule has 6 atom stereocenters. The van der Waals surface area contributed by atoms with Gasteiger partial charge in [-0.25, -0.2) is 23.2 Å². The zero-order valence-corrected chi connectivity index (χ0v) is 38.6. The van der Waals surface area contributed by atoms with Crippen LogP contribution in [0, 0.1) is 11.3 Å². The number of sulfonamides is 1. The highest BCUT2D eigenvalue weighted by atomic mass is 35.5. The number of hydrogen-bond donors (Lipinski definition) is 2. The van der Waals surface area contributed by atoms with Crippen molar-refractivity contribution in [3.05, 3.63) is 46.3 Å². The molecule has 4 aliphatic rings. The quantitative estimate of drug-likeness (QED) is 0.198. The van der Waals surface area contributed by atoms with Crippen LogP contribution in [0.5, 0.6) is 11.5 Å². The number of hydrogen-bond acceptors (Lipinski definition) is 12. The smallest absolute Gasteiger partial charge is 0.411 e. The maximum atomic E-state index is 15.0. The van der Waals surface area contributed by atoms with E-state index in [1.807, 2.05) is 40.0 Å². The Balaban J connectivity index is 1.30. The number of carbonyl (C=O) groups is 4. The first-order valence-corrected chi connectivity index (χ1v) is 23.2. The summed E-state index contributed by atoms with van der Waals surface area (Å²) < 4.78 is 45.8. The Morgan fingerprint density at radius 2 is 1.77 bits per heavy atom. The zero-order valence-electron chi connectivity index (χ0n) is 36.3. The number of amides is 4. The van der Waals surface area contributed by atoms with Gasteiger partial charge < -0.3 is 24.4 Å². The van der Waals surface area contributed by atoms with Gasteiger partial charge in [-0.15, -0.1) is 17.9 Å². The van der Waals surface area contributed by atoms with Crippen molar-refractivity contribution in [1.29, 1.82) is 0 Å². The lowest BCUT2D eigenvalue weighted by atomic mass is 9.82. The predicted molar refractivity (Wildman–Crippen MR) is 232 cm³/mol. The lowest BCUT2D eigenvalue weighted by Crippen LogP contribution is -2.69. The first-order valence-electron chi connectivity index (χ1n) is 20.5. The molecule has 7 rings (SSSR count). The van der Waals surface area contributed by atoms with Crippen LogP contribution in [0.4, 0.5) is 4.79 Å². The van der Waals surface area contributed by atoms with Crippen molar-refractivity contribution in [1.82, 2.24) is 29.8 Å². The van der Waals surface area contributed by atoms with Gasteiger partial charge >= 0.3 is 6.09 Å². The highest BCUT2D eigenvalue weighted by Gasteiger charge is 2.64. The van der Waals surface area contributed by atoms with E-state index in [9.17, 15) is 22.8 Å². The van der Waals surface area contributed by atoms with Crippen molar-refractivity contribution in [2.24, 2.45) is 11.3 Å². The maximum absolute atomic E-state index is 15.0. The van der Waals surface area contributed by atoms with E-state index in [-0.39, 0.29) is 30.3 Å². The largest absolute Gasteiger partial charge is 0.495 e. The molecule has 0 radical (unpaired) electrons. The van der Waals surface area contributed by atoms with Crippen molar-refractivity contribution in [3.63, 3.8) is 0 Å². The summed E-state index contributed by atoms with van der Waals surface area (Å²) in [5, 5.41) is 6.45. The van der Waals surface area contributed by atoms with Gasteiger partial charge in [0.05, 0.1) is 34.1 Å². The molecule has 330 valence electrons. The summed E-state index contributed by atoms with van der Waals surface area (Å²) in [6, 6.07) is 2.09. The standard InChI is InChI=1S/C43H55ClN6O9S2/c1-12-23-19-43(23,38(53)48-61(55,56)42(10)15-16-42)47-35(51)27-18-31(28-20-49(39(54)59-41(7,8)9)34(40(4,5)6)37(52)50(27)28)58-30-17-25(26-21-60-36(46-26)22(2)3)45-33-24(30)13-14-29(57-11)32(33)44/h12-14,17,21-23,27-28,31,34H,1,15-16,18-20H2,2-11H3,(H,47,51)(H,48,53)/t23-,27+,28-,31-,34+,43-/m1/s1. The van der Waals surface area contributed by atoms with Crippen LogP contribution in [0.3, 0.4) is 0 Å². The van der Waals surface area contributed by atoms with Gasteiger partial charge in [0.1, 0.15) is 51.5 Å². The molecule has 4 fully saturated rings. The molecule has 18 heteroatoms. The van der Waals surface area contributed by atoms with E-state index in [4.69, 9.17) is 35.8 Å². The fourth-order valence-electron chi connectivity index (χ4n) is 8.25. The van der Waals surface area contributed by atoms with Gasteiger partial charge in [0.25, 0.3) is 5.91 Å². The molecule has 2 N–H and O–H groups in total. The van der Waals surface area contributed by atoms with Crippen LogP contribution in [0.25, 0.3) is 22.3 Å². The minimum Gasteiger partial charge on any atom is -0.495 e. The van der Waals surface area contributed by atoms with Gasteiger partial charge in [0.2, 0.25) is 21.8 Å². The molecule has 2 aromatic heterocycles. The molecule has 2 saturated heterocycles. The average molecular weight is 900 g/mol. The van der Waals surface area contributed by atoms with E-state index < -0.39 is 85.3 Å². The summed E-state index contributed by atoms with van der Waals surface area (Å²) in [6.07, 6.45) is 0.800. The Kier molecular flexibility index (Phi) is 11.3. The van der Waals surface area contributed by atoms with E-state index in [2.05, 4.69) is 16.6 Å². The minimum atomic E-state index is -4.04. The Bertz CT molecular complexity index is 2420. The molecule has 0 bridgehead atoms. The summed E-state index contributed by atoms with van der Waals surface area (Å²) >= 11 is 8.39. The monoisotopic (exact) mass is 898 g/mol. The summed E-state index contributed by atoms with van der Waals surface area (Å²) in [4.78, 5) is 70.2. The number of nitrogens with one attached hydrogen (secondary N) is 2. The number of benzene rings is 1. The second-order valence-corrected chi connectivity index (χ2v) is 22.7. The minimum absolute atomic E-state index is 0.0503. The topological polar surface area (TPSA) is 186 Å². The van der Waals surface area contributed by atoms with Gasteiger partial charge in [-0.1, -0.05) is 52.3 Å². The zero-order chi connectivity index (χ0) is 44.8. The highest BCUT2D eigenvalue weighted by Crippen LogP contribution is 2.48. The van der Waals surface area contributed by atoms with Crippen molar-refractivity contribution in [3.8, 4) is 22.9 Å². The maximum Gasteiger partial charge on any atom is 0.411 e. The number of halogens is 1. The summed E-state index contributed by atoms with van der Waals surface area (Å²) in [7, 11) is -2.53. The van der Waals surface area contributed by atoms with Crippen molar-refractivity contribution in [2.75, 3.05) is 13.7 Å². The lowest BCUT2D eigenvalue weighted by Gasteiger charge is -2.49. The molecule has 4 heterocycles. The SMILES string of the molecule is C=C[C@@H]1C[C@]1(NC(=O)[C@@H]1C[C@@H](Oc2cc(-c3csc(C(C)C)n3)nc3c(Cl)c(OC)ccc23)[C@H]2CN(C(=O)OC(C)(C)C)[C@H](C(C)(C)C)C(=O)N21)C(=O)NS(=O)(=O)C1(C)CC1. The molecular weight excluding hydrogens is 844 g/mol. The second-order valence-electron chi connectivity index (χ2n) is 19.2. The number of thiazole rings is 1. The average Bonchev–Trinajstić information content (AvgIpc) is 3.97. The normalized spacial score (nSPS) is 25.8. The molecule has 0 spiro atoms. The van der Waals surface area contributed by atoms with E-state index in [0.29, 0.717) is 46.6 Å². The van der Waals surface area contributed by atoms with Crippen LogP contribution in [0.15, 0.2) is 36.2 Å². The van der Waals surface area contributed by atoms with Gasteiger partial charge in [-0.3, -0.25) is 24.0 Å². The van der Waals surface area contributed by atoms with E-state index in [0.717, 1.165) is 5.01 Å². The molecule has 3 aromatic rings. The Morgan fingerprint density at radius 3 is 2.33 bits per heavy atom. The number of methoxy groups -OCH3 is 1. The lowest BCUT2D eigenvalue weighted by molar-refractivity contribution is -0.155. The number of nitrogens with zero attached hydrogens (tertiary/aromatic N) is 4. The number of rotatable bonds is 11. The number of ether oxygens (including phenoxy) is 3. The van der Waals surface area contributed by atoms with Gasteiger partial charge in [-0.2, -0.15) is 0 Å². The summed E-state index contributed by atoms with van der Waals surface area (Å²) in [5.41, 5.74) is -1.84. The number of aromatic nitrogens is 2. The van der Waals surface area contributed by atoms with Crippen LogP contribution in [0.1, 0.15) is 98.9 Å². The Labute approximate surface area is 366 Å². The Hall–Kier alpha value is -4.48. The third-order valence-electron chi connectivity index (χ3n) is 12.0. The third kappa shape index (κ3) is 8.17. The second kappa shape index (κ2) is 15.4. The molecule has 15 nitrogen and oxygen atoms in total. The molecule has 2 aliphatic carbocycles. The third-order valence-corrected chi connectivity index (χ3v) is 15.7. The first-order chi connectivity index (χ1) is 28.3. The summed E-state index contributed by atoms with van der Waals surface area (Å²) in [6.45, 7) is 20.2. The molecule has 2 saturated carbocycles. The van der Waals surface area contributed by atoms with Crippen molar-refractivity contribution >= 4 is 67.7 Å². The van der Waals surface area contributed by atoms with Crippen LogP contribution in [-0.2, 0) is 29.1 Å². The van der Waals surface area contributed by atoms with E-state index in [1.165, 1.54) is 34.3 Å². The van der Waals surface area contributed by atoms with Crippen LogP contribution in [0.2, 0.25) is 5.02 Å². The fourth-order valence-corrected chi connectivity index (χ4v) is 10.7. The van der Waals surface area contributed by atoms with Gasteiger partial charge in [0, 0.05) is 41.6 Å². The van der Waals surface area contributed by atoms with Crippen molar-refractivity contribution in [2.45, 2.75) is 134 Å². The fraction of sp³-hybridized carbons (Fsp3) is 0.581. The number of fused-ring (bicyclic) bond motifs is 2. The molecule has 4 amide bonds. The summed E-state index contributed by atoms with van der Waals surface area (Å²) in [5.74, 6) is -1.69. The first kappa shape index (κ1) is 44.6. The van der Waals surface area contributed by atoms with Crippen LogP contribution >= 0.6 is 22.9 Å².